The van der Waals surface area contributed by atoms with Gasteiger partial charge in [-0.15, -0.1) is 0 Å². The van der Waals surface area contributed by atoms with Crippen LogP contribution in [0.5, 0.6) is 0 Å². The van der Waals surface area contributed by atoms with Crippen molar-refractivity contribution in [3.63, 3.8) is 0 Å². The van der Waals surface area contributed by atoms with E-state index in [0.29, 0.717) is 6.07 Å². The molecule has 0 saturated carbocycles. The summed E-state index contributed by atoms with van der Waals surface area (Å²) in [5.74, 6) is -3.55. The molecule has 2 atom stereocenters. The molecule has 1 fully saturated rings. The van der Waals surface area contributed by atoms with E-state index in [0.717, 1.165) is 6.07 Å². The molecule has 1 aromatic rings. The highest BCUT2D eigenvalue weighted by atomic mass is 19.2. The first-order valence-corrected chi connectivity index (χ1v) is 5.07. The Morgan fingerprint density at radius 3 is 2.35 bits per heavy atom. The number of benzene rings is 1. The minimum absolute atomic E-state index is 0.0690. The molecule has 1 heterocycles. The zero-order valence-electron chi connectivity index (χ0n) is 9.08. The largest absolute Gasteiger partial charge is 0.337 e. The summed E-state index contributed by atoms with van der Waals surface area (Å²) in [5.41, 5.74) is 5.61. The molecule has 1 saturated heterocycles. The maximum atomic E-state index is 13.6. The summed E-state index contributed by atoms with van der Waals surface area (Å²) in [6, 6.07) is -0.150. The fourth-order valence-electron chi connectivity index (χ4n) is 2.10. The zero-order valence-corrected chi connectivity index (χ0v) is 9.08. The SMILES string of the molecule is CN1C(=O)CC(N)C1c1cc(F)c(F)cc1F. The monoisotopic (exact) mass is 244 g/mol. The van der Waals surface area contributed by atoms with Gasteiger partial charge < -0.3 is 10.6 Å². The van der Waals surface area contributed by atoms with Crippen molar-refractivity contribution < 1.29 is 18.0 Å². The number of hydrogen-bond acceptors (Lipinski definition) is 2. The van der Waals surface area contributed by atoms with E-state index in [1.807, 2.05) is 0 Å². The van der Waals surface area contributed by atoms with Gasteiger partial charge in [-0.1, -0.05) is 0 Å². The summed E-state index contributed by atoms with van der Waals surface area (Å²) < 4.78 is 39.4. The van der Waals surface area contributed by atoms with Crippen molar-refractivity contribution >= 4 is 5.91 Å². The van der Waals surface area contributed by atoms with Gasteiger partial charge in [-0.25, -0.2) is 13.2 Å². The lowest BCUT2D eigenvalue weighted by Gasteiger charge is -2.23. The van der Waals surface area contributed by atoms with Gasteiger partial charge in [0.25, 0.3) is 0 Å². The third-order valence-corrected chi connectivity index (χ3v) is 2.98. The first-order valence-electron chi connectivity index (χ1n) is 5.07. The van der Waals surface area contributed by atoms with E-state index in [2.05, 4.69) is 0 Å². The van der Waals surface area contributed by atoms with Gasteiger partial charge >= 0.3 is 0 Å². The van der Waals surface area contributed by atoms with Crippen LogP contribution < -0.4 is 5.73 Å². The Kier molecular flexibility index (Phi) is 2.82. The van der Waals surface area contributed by atoms with Crippen molar-refractivity contribution in [3.05, 3.63) is 35.1 Å². The molecule has 2 unspecified atom stereocenters. The van der Waals surface area contributed by atoms with Crippen molar-refractivity contribution in [2.24, 2.45) is 5.73 Å². The Morgan fingerprint density at radius 2 is 1.82 bits per heavy atom. The molecular weight excluding hydrogens is 233 g/mol. The Balaban J connectivity index is 2.47. The molecule has 1 aliphatic heterocycles. The van der Waals surface area contributed by atoms with Crippen LogP contribution in [0.1, 0.15) is 18.0 Å². The maximum Gasteiger partial charge on any atom is 0.224 e. The van der Waals surface area contributed by atoms with E-state index in [1.54, 1.807) is 0 Å². The lowest BCUT2D eigenvalue weighted by Crippen LogP contribution is -2.31. The Hall–Kier alpha value is -1.56. The predicted octanol–water partition coefficient (Wildman–Crippen LogP) is 1.33. The van der Waals surface area contributed by atoms with Crippen LogP contribution in [0.25, 0.3) is 0 Å². The highest BCUT2D eigenvalue weighted by molar-refractivity contribution is 5.80. The van der Waals surface area contributed by atoms with E-state index in [9.17, 15) is 18.0 Å². The fraction of sp³-hybridized carbons (Fsp3) is 0.364. The van der Waals surface area contributed by atoms with Crippen LogP contribution in [0, 0.1) is 17.5 Å². The predicted molar refractivity (Wildman–Crippen MR) is 54.4 cm³/mol. The molecule has 3 nitrogen and oxygen atoms in total. The fourth-order valence-corrected chi connectivity index (χ4v) is 2.10. The van der Waals surface area contributed by atoms with Gasteiger partial charge in [0.2, 0.25) is 5.91 Å². The average Bonchev–Trinajstić information content (AvgIpc) is 2.48. The summed E-state index contributed by atoms with van der Waals surface area (Å²) in [7, 11) is 1.46. The highest BCUT2D eigenvalue weighted by Crippen LogP contribution is 2.32. The number of likely N-dealkylation sites (tertiary alicyclic amines) is 1. The molecule has 2 N–H and O–H groups in total. The molecule has 1 aliphatic rings. The van der Waals surface area contributed by atoms with Gasteiger partial charge in [-0.3, -0.25) is 4.79 Å². The van der Waals surface area contributed by atoms with Crippen LogP contribution in [0.3, 0.4) is 0 Å². The summed E-state index contributed by atoms with van der Waals surface area (Å²) >= 11 is 0. The van der Waals surface area contributed by atoms with Crippen molar-refractivity contribution in [3.8, 4) is 0 Å². The molecule has 92 valence electrons. The molecule has 2 rings (SSSR count). The number of likely N-dealkylation sites (N-methyl/N-ethyl adjacent to an activating group) is 1. The maximum absolute atomic E-state index is 13.6. The second-order valence-electron chi connectivity index (χ2n) is 4.11. The molecule has 6 heteroatoms. The van der Waals surface area contributed by atoms with E-state index in [4.69, 9.17) is 5.73 Å². The third kappa shape index (κ3) is 1.88. The van der Waals surface area contributed by atoms with Crippen molar-refractivity contribution in [2.75, 3.05) is 7.05 Å². The van der Waals surface area contributed by atoms with Crippen LogP contribution in [-0.2, 0) is 4.79 Å². The molecule has 0 bridgehead atoms. The summed E-state index contributed by atoms with van der Waals surface area (Å²) in [6.07, 6.45) is 0.0690. The number of nitrogens with zero attached hydrogens (tertiary/aromatic N) is 1. The number of hydrogen-bond donors (Lipinski definition) is 1. The van der Waals surface area contributed by atoms with Gasteiger partial charge in [-0.05, 0) is 6.07 Å². The Morgan fingerprint density at radius 1 is 1.24 bits per heavy atom. The molecule has 0 aromatic heterocycles. The minimum atomic E-state index is -1.26. The van der Waals surface area contributed by atoms with E-state index in [1.165, 1.54) is 11.9 Å². The van der Waals surface area contributed by atoms with Gasteiger partial charge in [0.15, 0.2) is 11.6 Å². The molecule has 0 spiro atoms. The van der Waals surface area contributed by atoms with E-state index in [-0.39, 0.29) is 17.9 Å². The second kappa shape index (κ2) is 4.03. The van der Waals surface area contributed by atoms with Gasteiger partial charge in [0, 0.05) is 31.1 Å². The van der Waals surface area contributed by atoms with Gasteiger partial charge in [-0.2, -0.15) is 0 Å². The summed E-state index contributed by atoms with van der Waals surface area (Å²) in [5, 5.41) is 0. The molecule has 0 radical (unpaired) electrons. The van der Waals surface area contributed by atoms with Crippen molar-refractivity contribution in [1.29, 1.82) is 0 Å². The van der Waals surface area contributed by atoms with Crippen LogP contribution >= 0.6 is 0 Å². The number of carbonyl (C=O) groups is 1. The highest BCUT2D eigenvalue weighted by Gasteiger charge is 2.38. The smallest absolute Gasteiger partial charge is 0.224 e. The third-order valence-electron chi connectivity index (χ3n) is 2.98. The molecule has 17 heavy (non-hydrogen) atoms. The van der Waals surface area contributed by atoms with Crippen LogP contribution in [0.4, 0.5) is 13.2 Å². The number of amides is 1. The Labute approximate surface area is 96.0 Å². The summed E-state index contributed by atoms with van der Waals surface area (Å²) in [4.78, 5) is 12.6. The Bertz CT molecular complexity index is 478. The number of nitrogens with two attached hydrogens (primary N) is 1. The minimum Gasteiger partial charge on any atom is -0.337 e. The lowest BCUT2D eigenvalue weighted by atomic mass is 10.00. The molecular formula is C11H11F3N2O. The van der Waals surface area contributed by atoms with Gasteiger partial charge in [0.05, 0.1) is 6.04 Å². The molecule has 1 amide bonds. The van der Waals surface area contributed by atoms with Crippen LogP contribution in [0.2, 0.25) is 0 Å². The number of halogens is 3. The van der Waals surface area contributed by atoms with Crippen molar-refractivity contribution in [2.45, 2.75) is 18.5 Å². The van der Waals surface area contributed by atoms with Crippen LogP contribution in [-0.4, -0.2) is 23.9 Å². The van der Waals surface area contributed by atoms with E-state index >= 15 is 0 Å². The van der Waals surface area contributed by atoms with Crippen LogP contribution in [0.15, 0.2) is 12.1 Å². The second-order valence-corrected chi connectivity index (χ2v) is 4.11. The van der Waals surface area contributed by atoms with Crippen molar-refractivity contribution in [1.82, 2.24) is 4.90 Å². The standard InChI is InChI=1S/C11H11F3N2O/c1-16-10(17)4-9(15)11(16)5-2-7(13)8(14)3-6(5)12/h2-3,9,11H,4,15H2,1H3. The molecule has 0 aliphatic carbocycles. The first kappa shape index (κ1) is 11.9. The zero-order chi connectivity index (χ0) is 12.7. The normalized spacial score (nSPS) is 24.5. The lowest BCUT2D eigenvalue weighted by molar-refractivity contribution is -0.127. The number of carbonyl (C=O) groups excluding carboxylic acids is 1. The summed E-state index contributed by atoms with van der Waals surface area (Å²) in [6.45, 7) is 0. The average molecular weight is 244 g/mol. The van der Waals surface area contributed by atoms with E-state index < -0.39 is 29.5 Å². The topological polar surface area (TPSA) is 46.3 Å². The van der Waals surface area contributed by atoms with Gasteiger partial charge in [0.1, 0.15) is 5.82 Å². The quantitative estimate of drug-likeness (QED) is 0.758. The number of rotatable bonds is 1. The first-order chi connectivity index (χ1) is 7.91. The molecule has 1 aromatic carbocycles.